The first-order valence-electron chi connectivity index (χ1n) is 9.04. The topological polar surface area (TPSA) is 82.5 Å². The zero-order chi connectivity index (χ0) is 20.1. The zero-order valence-corrected chi connectivity index (χ0v) is 16.7. The molecule has 0 amide bonds. The number of hydrogen-bond acceptors (Lipinski definition) is 5. The highest BCUT2D eigenvalue weighted by Gasteiger charge is 2.17. The molecular formula is C22H20N4OS. The van der Waals surface area contributed by atoms with Crippen LogP contribution in [0.5, 0.6) is 0 Å². The standard InChI is InChI=1S/C22H20N4OS/c1-15-7-5-11-20(16(15)2)26-21(27)18-9-3-4-10-19(18)25-22(26)28-14-17(13-24)8-6-12-23/h3-5,7,9-11,17H,6,8,14H2,1-2H3/t17-/m0/s1. The fraction of sp³-hybridized carbons (Fsp3) is 0.273. The summed E-state index contributed by atoms with van der Waals surface area (Å²) >= 11 is 1.39. The lowest BCUT2D eigenvalue weighted by Gasteiger charge is -2.17. The van der Waals surface area contributed by atoms with Crippen molar-refractivity contribution in [2.45, 2.75) is 31.8 Å². The molecule has 3 aromatic rings. The molecule has 0 saturated heterocycles. The molecule has 0 radical (unpaired) electrons. The quantitative estimate of drug-likeness (QED) is 0.457. The van der Waals surface area contributed by atoms with Crippen LogP contribution in [0.3, 0.4) is 0 Å². The predicted octanol–water partition coefficient (Wildman–Crippen LogP) is 4.54. The highest BCUT2D eigenvalue weighted by molar-refractivity contribution is 7.99. The van der Waals surface area contributed by atoms with Gasteiger partial charge in [0.15, 0.2) is 5.16 Å². The molecule has 0 bridgehead atoms. The van der Waals surface area contributed by atoms with Crippen LogP contribution in [0.1, 0.15) is 24.0 Å². The Kier molecular flexibility index (Phi) is 6.13. The van der Waals surface area contributed by atoms with Crippen LogP contribution in [0.2, 0.25) is 0 Å². The van der Waals surface area contributed by atoms with Crippen molar-refractivity contribution in [1.29, 1.82) is 10.5 Å². The predicted molar refractivity (Wildman–Crippen MR) is 111 cm³/mol. The van der Waals surface area contributed by atoms with Gasteiger partial charge in [-0.15, -0.1) is 0 Å². The second-order valence-corrected chi connectivity index (χ2v) is 7.59. The van der Waals surface area contributed by atoms with Crippen molar-refractivity contribution >= 4 is 22.7 Å². The molecule has 0 aliphatic rings. The Morgan fingerprint density at radius 1 is 1.14 bits per heavy atom. The third-order valence-electron chi connectivity index (χ3n) is 4.76. The minimum atomic E-state index is -0.264. The molecule has 1 heterocycles. The highest BCUT2D eigenvalue weighted by Crippen LogP contribution is 2.26. The van der Waals surface area contributed by atoms with Crippen molar-refractivity contribution in [1.82, 2.24) is 9.55 Å². The number of hydrogen-bond donors (Lipinski definition) is 0. The Balaban J connectivity index is 2.13. The smallest absolute Gasteiger partial charge is 0.266 e. The molecule has 5 nitrogen and oxygen atoms in total. The van der Waals surface area contributed by atoms with Crippen molar-refractivity contribution in [2.24, 2.45) is 5.92 Å². The third-order valence-corrected chi connectivity index (χ3v) is 5.86. The van der Waals surface area contributed by atoms with E-state index in [4.69, 9.17) is 10.2 Å². The summed E-state index contributed by atoms with van der Waals surface area (Å²) < 4.78 is 1.65. The largest absolute Gasteiger partial charge is 0.268 e. The van der Waals surface area contributed by atoms with Crippen LogP contribution < -0.4 is 5.56 Å². The van der Waals surface area contributed by atoms with Crippen LogP contribution in [0.25, 0.3) is 16.6 Å². The summed E-state index contributed by atoms with van der Waals surface area (Å²) in [6, 6.07) is 17.5. The fourth-order valence-electron chi connectivity index (χ4n) is 3.00. The van der Waals surface area contributed by atoms with Crippen molar-refractivity contribution < 1.29 is 0 Å². The molecule has 0 spiro atoms. The molecule has 0 aliphatic heterocycles. The number of aromatic nitrogens is 2. The molecule has 0 fully saturated rings. The normalized spacial score (nSPS) is 11.7. The molecule has 28 heavy (non-hydrogen) atoms. The SMILES string of the molecule is Cc1cccc(-n2c(SC[C@H](C#N)CCC#N)nc3ccccc3c2=O)c1C. The van der Waals surface area contributed by atoms with E-state index in [1.165, 1.54) is 11.8 Å². The van der Waals surface area contributed by atoms with Crippen LogP contribution in [-0.4, -0.2) is 15.3 Å². The first-order chi connectivity index (χ1) is 13.6. The molecule has 0 N–H and O–H groups in total. The molecule has 3 rings (SSSR count). The zero-order valence-electron chi connectivity index (χ0n) is 15.8. The Morgan fingerprint density at radius 2 is 1.93 bits per heavy atom. The molecular weight excluding hydrogens is 368 g/mol. The van der Waals surface area contributed by atoms with Crippen molar-refractivity contribution in [3.8, 4) is 17.8 Å². The average Bonchev–Trinajstić information content (AvgIpc) is 2.71. The lowest BCUT2D eigenvalue weighted by atomic mass is 10.1. The van der Waals surface area contributed by atoms with Gasteiger partial charge >= 0.3 is 0 Å². The van der Waals surface area contributed by atoms with Crippen molar-refractivity contribution in [3.05, 3.63) is 63.9 Å². The number of rotatable bonds is 6. The van der Waals surface area contributed by atoms with Crippen LogP contribution >= 0.6 is 11.8 Å². The molecule has 140 valence electrons. The van der Waals surface area contributed by atoms with Gasteiger partial charge in [-0.2, -0.15) is 10.5 Å². The number of para-hydroxylation sites is 1. The molecule has 1 atom stereocenters. The lowest BCUT2D eigenvalue weighted by Crippen LogP contribution is -2.23. The van der Waals surface area contributed by atoms with Gasteiger partial charge < -0.3 is 0 Å². The summed E-state index contributed by atoms with van der Waals surface area (Å²) in [4.78, 5) is 18.0. The summed E-state index contributed by atoms with van der Waals surface area (Å²) in [7, 11) is 0. The molecule has 0 saturated carbocycles. The van der Waals surface area contributed by atoms with Crippen LogP contribution in [0, 0.1) is 42.4 Å². The second kappa shape index (κ2) is 8.73. The van der Waals surface area contributed by atoms with Crippen molar-refractivity contribution in [2.75, 3.05) is 5.75 Å². The Labute approximate surface area is 168 Å². The van der Waals surface area contributed by atoms with Gasteiger partial charge in [-0.25, -0.2) is 4.98 Å². The van der Waals surface area contributed by atoms with E-state index in [0.717, 1.165) is 16.8 Å². The van der Waals surface area contributed by atoms with E-state index in [1.807, 2.05) is 50.2 Å². The number of fused-ring (bicyclic) bond motifs is 1. The summed E-state index contributed by atoms with van der Waals surface area (Å²) in [5.74, 6) is 0.216. The van der Waals surface area contributed by atoms with Gasteiger partial charge in [0.2, 0.25) is 0 Å². The number of benzene rings is 2. The molecule has 0 unspecified atom stereocenters. The summed E-state index contributed by atoms with van der Waals surface area (Å²) in [6.45, 7) is 4.00. The maximum absolute atomic E-state index is 13.3. The number of thioether (sulfide) groups is 1. The summed E-state index contributed by atoms with van der Waals surface area (Å²) in [5, 5.41) is 19.3. The van der Waals surface area contributed by atoms with E-state index in [-0.39, 0.29) is 11.5 Å². The van der Waals surface area contributed by atoms with Crippen LogP contribution in [-0.2, 0) is 0 Å². The summed E-state index contributed by atoms with van der Waals surface area (Å²) in [6.07, 6.45) is 0.856. The number of nitrogens with zero attached hydrogens (tertiary/aromatic N) is 4. The van der Waals surface area contributed by atoms with E-state index in [1.54, 1.807) is 10.6 Å². The Bertz CT molecular complexity index is 1150. The van der Waals surface area contributed by atoms with Gasteiger partial charge in [0.05, 0.1) is 34.6 Å². The van der Waals surface area contributed by atoms with Crippen LogP contribution in [0.4, 0.5) is 0 Å². The monoisotopic (exact) mass is 388 g/mol. The minimum Gasteiger partial charge on any atom is -0.268 e. The van der Waals surface area contributed by atoms with E-state index in [2.05, 4.69) is 12.1 Å². The fourth-order valence-corrected chi connectivity index (χ4v) is 4.06. The Morgan fingerprint density at radius 3 is 2.68 bits per heavy atom. The maximum atomic E-state index is 13.3. The van der Waals surface area contributed by atoms with E-state index >= 15 is 0 Å². The number of nitriles is 2. The van der Waals surface area contributed by atoms with Gasteiger partial charge in [0.1, 0.15) is 0 Å². The molecule has 6 heteroatoms. The average molecular weight is 388 g/mol. The van der Waals surface area contributed by atoms with E-state index in [9.17, 15) is 10.1 Å². The second-order valence-electron chi connectivity index (χ2n) is 6.60. The third kappa shape index (κ3) is 3.93. The Hall–Kier alpha value is -3.09. The van der Waals surface area contributed by atoms with Gasteiger partial charge in [-0.1, -0.05) is 36.0 Å². The van der Waals surface area contributed by atoms with E-state index in [0.29, 0.717) is 34.7 Å². The molecule has 0 aliphatic carbocycles. The molecule has 2 aromatic carbocycles. The number of aryl methyl sites for hydroxylation is 1. The summed E-state index contributed by atoms with van der Waals surface area (Å²) in [5.41, 5.74) is 3.44. The van der Waals surface area contributed by atoms with E-state index < -0.39 is 0 Å². The van der Waals surface area contributed by atoms with Gasteiger partial charge in [-0.3, -0.25) is 9.36 Å². The van der Waals surface area contributed by atoms with Gasteiger partial charge in [-0.05, 0) is 49.6 Å². The first-order valence-corrected chi connectivity index (χ1v) is 10.0. The van der Waals surface area contributed by atoms with Crippen molar-refractivity contribution in [3.63, 3.8) is 0 Å². The maximum Gasteiger partial charge on any atom is 0.266 e. The van der Waals surface area contributed by atoms with Gasteiger partial charge in [0.25, 0.3) is 5.56 Å². The first kappa shape index (κ1) is 19.7. The van der Waals surface area contributed by atoms with Crippen LogP contribution in [0.15, 0.2) is 52.4 Å². The van der Waals surface area contributed by atoms with Gasteiger partial charge in [0, 0.05) is 12.2 Å². The lowest BCUT2D eigenvalue weighted by molar-refractivity contribution is 0.682. The minimum absolute atomic E-state index is 0.118. The highest BCUT2D eigenvalue weighted by atomic mass is 32.2. The molecule has 1 aromatic heterocycles.